The van der Waals surface area contributed by atoms with Gasteiger partial charge in [-0.1, -0.05) is 49.7 Å². The SMILES string of the molecule is COC(=O)[C@H](C(C)C)N1Cc2cc(-c3ccc(NS(=O)(=O)c4cccc(Cl)c4)cc3)ccc2C1=O. The third kappa shape index (κ3) is 5.04. The van der Waals surface area contributed by atoms with E-state index in [2.05, 4.69) is 4.72 Å². The summed E-state index contributed by atoms with van der Waals surface area (Å²) in [5.74, 6) is -0.720. The summed E-state index contributed by atoms with van der Waals surface area (Å²) in [6.07, 6.45) is 0. The number of carbonyl (C=O) groups excluding carboxylic acids is 2. The summed E-state index contributed by atoms with van der Waals surface area (Å²) in [6, 6.07) is 17.9. The second-order valence-corrected chi connectivity index (χ2v) is 10.8. The average molecular weight is 513 g/mol. The number of fused-ring (bicyclic) bond motifs is 1. The van der Waals surface area contributed by atoms with Crippen LogP contribution in [0.3, 0.4) is 0 Å². The Hall–Kier alpha value is -3.36. The van der Waals surface area contributed by atoms with Crippen molar-refractivity contribution in [3.05, 3.63) is 82.9 Å². The summed E-state index contributed by atoms with van der Waals surface area (Å²) in [5.41, 5.74) is 3.54. The number of halogens is 1. The van der Waals surface area contributed by atoms with Crippen molar-refractivity contribution in [2.24, 2.45) is 5.92 Å². The van der Waals surface area contributed by atoms with E-state index in [0.29, 0.717) is 22.8 Å². The normalized spacial score (nSPS) is 14.1. The molecule has 0 saturated heterocycles. The van der Waals surface area contributed by atoms with Crippen LogP contribution in [0.4, 0.5) is 5.69 Å². The Morgan fingerprint density at radius 3 is 2.34 bits per heavy atom. The Morgan fingerprint density at radius 2 is 1.71 bits per heavy atom. The summed E-state index contributed by atoms with van der Waals surface area (Å²) in [6.45, 7) is 4.08. The lowest BCUT2D eigenvalue weighted by Gasteiger charge is -2.28. The molecule has 3 aromatic carbocycles. The quantitative estimate of drug-likeness (QED) is 0.451. The molecule has 0 bridgehead atoms. The van der Waals surface area contributed by atoms with Crippen LogP contribution in [0.5, 0.6) is 0 Å². The number of anilines is 1. The maximum Gasteiger partial charge on any atom is 0.328 e. The lowest BCUT2D eigenvalue weighted by Crippen LogP contribution is -2.45. The zero-order valence-electron chi connectivity index (χ0n) is 19.5. The van der Waals surface area contributed by atoms with Crippen molar-refractivity contribution in [1.29, 1.82) is 0 Å². The Morgan fingerprint density at radius 1 is 1.03 bits per heavy atom. The van der Waals surface area contributed by atoms with Gasteiger partial charge in [-0.2, -0.15) is 0 Å². The van der Waals surface area contributed by atoms with Crippen LogP contribution in [0.25, 0.3) is 11.1 Å². The number of sulfonamides is 1. The molecule has 182 valence electrons. The molecule has 0 aromatic heterocycles. The van der Waals surface area contributed by atoms with E-state index >= 15 is 0 Å². The van der Waals surface area contributed by atoms with Crippen LogP contribution in [0, 0.1) is 5.92 Å². The zero-order chi connectivity index (χ0) is 25.3. The average Bonchev–Trinajstić information content (AvgIpc) is 3.14. The van der Waals surface area contributed by atoms with E-state index in [1.807, 2.05) is 26.0 Å². The molecule has 0 saturated carbocycles. The maximum absolute atomic E-state index is 13.0. The minimum atomic E-state index is -3.77. The molecule has 7 nitrogen and oxygen atoms in total. The number of amides is 1. The molecule has 35 heavy (non-hydrogen) atoms. The molecule has 0 spiro atoms. The molecule has 1 aliphatic rings. The number of esters is 1. The largest absolute Gasteiger partial charge is 0.467 e. The van der Waals surface area contributed by atoms with Gasteiger partial charge in [-0.05, 0) is 65.1 Å². The number of rotatable bonds is 7. The van der Waals surface area contributed by atoms with E-state index in [9.17, 15) is 18.0 Å². The number of hydrogen-bond donors (Lipinski definition) is 1. The first-order valence-electron chi connectivity index (χ1n) is 11.0. The van der Waals surface area contributed by atoms with Crippen molar-refractivity contribution < 1.29 is 22.7 Å². The van der Waals surface area contributed by atoms with Crippen LogP contribution in [-0.4, -0.2) is 38.3 Å². The van der Waals surface area contributed by atoms with E-state index in [0.717, 1.165) is 16.7 Å². The van der Waals surface area contributed by atoms with Crippen LogP contribution in [-0.2, 0) is 26.1 Å². The highest BCUT2D eigenvalue weighted by atomic mass is 35.5. The zero-order valence-corrected chi connectivity index (χ0v) is 21.1. The van der Waals surface area contributed by atoms with Crippen LogP contribution in [0.15, 0.2) is 71.6 Å². The molecule has 0 radical (unpaired) electrons. The number of nitrogens with zero attached hydrogens (tertiary/aromatic N) is 1. The summed E-state index contributed by atoms with van der Waals surface area (Å²) in [7, 11) is -2.45. The van der Waals surface area contributed by atoms with E-state index in [1.54, 1.807) is 47.4 Å². The highest BCUT2D eigenvalue weighted by Gasteiger charge is 2.38. The molecule has 0 unspecified atom stereocenters. The maximum atomic E-state index is 13.0. The Labute approximate surface area is 209 Å². The van der Waals surface area contributed by atoms with Gasteiger partial charge >= 0.3 is 5.97 Å². The third-order valence-corrected chi connectivity index (χ3v) is 7.54. The number of benzene rings is 3. The van der Waals surface area contributed by atoms with Gasteiger partial charge in [0, 0.05) is 22.8 Å². The summed E-state index contributed by atoms with van der Waals surface area (Å²) < 4.78 is 32.7. The first-order chi connectivity index (χ1) is 16.6. The van der Waals surface area contributed by atoms with Gasteiger partial charge in [0.25, 0.3) is 15.9 Å². The van der Waals surface area contributed by atoms with Crippen LogP contribution in [0.2, 0.25) is 5.02 Å². The fraction of sp³-hybridized carbons (Fsp3) is 0.231. The van der Waals surface area contributed by atoms with Crippen molar-refractivity contribution in [3.8, 4) is 11.1 Å². The predicted octanol–water partition coefficient (Wildman–Crippen LogP) is 4.96. The minimum absolute atomic E-state index is 0.0774. The summed E-state index contributed by atoms with van der Waals surface area (Å²) >= 11 is 5.92. The molecule has 1 aliphatic heterocycles. The van der Waals surface area contributed by atoms with Gasteiger partial charge in [0.15, 0.2) is 0 Å². The van der Waals surface area contributed by atoms with Gasteiger partial charge in [0.1, 0.15) is 6.04 Å². The first kappa shape index (κ1) is 24.8. The molecular weight excluding hydrogens is 488 g/mol. The van der Waals surface area contributed by atoms with Crippen LogP contribution < -0.4 is 4.72 Å². The monoisotopic (exact) mass is 512 g/mol. The fourth-order valence-corrected chi connectivity index (χ4v) is 5.57. The number of methoxy groups -OCH3 is 1. The lowest BCUT2D eigenvalue weighted by atomic mass is 10.0. The Kier molecular flexibility index (Phi) is 6.87. The van der Waals surface area contributed by atoms with E-state index < -0.39 is 22.0 Å². The molecule has 1 N–H and O–H groups in total. The van der Waals surface area contributed by atoms with E-state index in [4.69, 9.17) is 16.3 Å². The van der Waals surface area contributed by atoms with E-state index in [1.165, 1.54) is 19.2 Å². The molecule has 3 aromatic rings. The van der Waals surface area contributed by atoms with Crippen molar-refractivity contribution >= 4 is 39.2 Å². The molecule has 0 aliphatic carbocycles. The molecule has 1 heterocycles. The first-order valence-corrected chi connectivity index (χ1v) is 12.9. The second-order valence-electron chi connectivity index (χ2n) is 8.66. The van der Waals surface area contributed by atoms with Gasteiger partial charge in [0.2, 0.25) is 0 Å². The predicted molar refractivity (Wildman–Crippen MR) is 135 cm³/mol. The van der Waals surface area contributed by atoms with Gasteiger partial charge in [-0.25, -0.2) is 13.2 Å². The summed E-state index contributed by atoms with van der Waals surface area (Å²) in [5, 5.41) is 0.336. The molecule has 0 fully saturated rings. The Bertz CT molecular complexity index is 1390. The van der Waals surface area contributed by atoms with Gasteiger partial charge in [-0.3, -0.25) is 9.52 Å². The van der Waals surface area contributed by atoms with Crippen LogP contribution in [0.1, 0.15) is 29.8 Å². The van der Waals surface area contributed by atoms with Crippen LogP contribution >= 0.6 is 11.6 Å². The number of ether oxygens (including phenoxy) is 1. The second kappa shape index (κ2) is 9.71. The van der Waals surface area contributed by atoms with Gasteiger partial charge < -0.3 is 9.64 Å². The van der Waals surface area contributed by atoms with Gasteiger partial charge in [0.05, 0.1) is 12.0 Å². The van der Waals surface area contributed by atoms with E-state index in [-0.39, 0.29) is 16.7 Å². The molecular formula is C26H25ClN2O5S. The van der Waals surface area contributed by atoms with Gasteiger partial charge in [-0.15, -0.1) is 0 Å². The Balaban J connectivity index is 1.54. The number of hydrogen-bond acceptors (Lipinski definition) is 5. The minimum Gasteiger partial charge on any atom is -0.467 e. The standard InChI is InChI=1S/C26H25ClN2O5S/c1-16(2)24(26(31)34-3)29-15-19-13-18(9-12-23(19)25(29)30)17-7-10-21(11-8-17)28-35(32,33)22-6-4-5-20(27)14-22/h4-14,16,24,28H,15H2,1-3H3/t24-/m0/s1. The highest BCUT2D eigenvalue weighted by molar-refractivity contribution is 7.92. The molecule has 1 atom stereocenters. The fourth-order valence-electron chi connectivity index (χ4n) is 4.21. The topological polar surface area (TPSA) is 92.8 Å². The highest BCUT2D eigenvalue weighted by Crippen LogP contribution is 2.32. The van der Waals surface area contributed by atoms with Crippen molar-refractivity contribution in [2.75, 3.05) is 11.8 Å². The third-order valence-electron chi connectivity index (χ3n) is 5.92. The molecule has 9 heteroatoms. The van der Waals surface area contributed by atoms with Crippen molar-refractivity contribution in [3.63, 3.8) is 0 Å². The molecule has 1 amide bonds. The number of carbonyl (C=O) groups is 2. The summed E-state index contributed by atoms with van der Waals surface area (Å²) in [4.78, 5) is 26.9. The van der Waals surface area contributed by atoms with Crippen molar-refractivity contribution in [2.45, 2.75) is 31.3 Å². The smallest absolute Gasteiger partial charge is 0.328 e. The van der Waals surface area contributed by atoms with Crippen molar-refractivity contribution in [1.82, 2.24) is 4.90 Å². The molecule has 4 rings (SSSR count). The number of nitrogens with one attached hydrogen (secondary N) is 1. The lowest BCUT2D eigenvalue weighted by molar-refractivity contribution is -0.147.